The van der Waals surface area contributed by atoms with E-state index in [1.165, 1.54) is 18.4 Å². The molecule has 2 saturated carbocycles. The molecule has 0 aliphatic heterocycles. The van der Waals surface area contributed by atoms with Crippen molar-refractivity contribution in [1.29, 1.82) is 0 Å². The summed E-state index contributed by atoms with van der Waals surface area (Å²) in [7, 11) is 0. The van der Waals surface area contributed by atoms with Gasteiger partial charge in [-0.1, -0.05) is 5.16 Å². The van der Waals surface area contributed by atoms with Gasteiger partial charge in [-0.15, -0.1) is 0 Å². The highest BCUT2D eigenvalue weighted by molar-refractivity contribution is 9.10. The zero-order valence-electron chi connectivity index (χ0n) is 9.77. The lowest BCUT2D eigenvalue weighted by molar-refractivity contribution is 0.355. The topological polar surface area (TPSA) is 51.8 Å². The average molecular weight is 306 g/mol. The van der Waals surface area contributed by atoms with Gasteiger partial charge in [-0.25, -0.2) is 0 Å². The van der Waals surface area contributed by atoms with E-state index in [1.807, 2.05) is 6.20 Å². The van der Waals surface area contributed by atoms with Crippen LogP contribution in [0, 0.1) is 0 Å². The van der Waals surface area contributed by atoms with Crippen molar-refractivity contribution in [3.8, 4) is 0 Å². The highest BCUT2D eigenvalue weighted by atomic mass is 79.9. The normalized spacial score (nSPS) is 20.9. The van der Waals surface area contributed by atoms with E-state index in [9.17, 15) is 0 Å². The van der Waals surface area contributed by atoms with Gasteiger partial charge in [0.05, 0.1) is 5.41 Å². The van der Waals surface area contributed by atoms with Gasteiger partial charge in [0.1, 0.15) is 0 Å². The third-order valence-electron chi connectivity index (χ3n) is 3.80. The number of aromatic nitrogens is 3. The molecule has 0 saturated heterocycles. The van der Waals surface area contributed by atoms with Crippen LogP contribution >= 0.6 is 15.9 Å². The maximum absolute atomic E-state index is 5.48. The Morgan fingerprint density at radius 1 is 1.28 bits per heavy atom. The highest BCUT2D eigenvalue weighted by Crippen LogP contribution is 2.53. The van der Waals surface area contributed by atoms with Gasteiger partial charge in [0.15, 0.2) is 5.82 Å². The van der Waals surface area contributed by atoms with Crippen LogP contribution in [-0.2, 0) is 5.41 Å². The molecule has 0 atom stereocenters. The molecule has 0 bridgehead atoms. The molecule has 2 aromatic rings. The van der Waals surface area contributed by atoms with Gasteiger partial charge in [-0.3, -0.25) is 4.98 Å². The van der Waals surface area contributed by atoms with E-state index in [0.717, 1.165) is 29.0 Å². The van der Waals surface area contributed by atoms with E-state index in [4.69, 9.17) is 4.52 Å². The predicted octanol–water partition coefficient (Wildman–Crippen LogP) is 3.18. The maximum Gasteiger partial charge on any atom is 0.237 e. The fourth-order valence-corrected chi connectivity index (χ4v) is 2.73. The number of rotatable bonds is 3. The summed E-state index contributed by atoms with van der Waals surface area (Å²) in [6, 6.07) is 2.10. The Bertz CT molecular complexity index is 602. The van der Waals surface area contributed by atoms with Crippen molar-refractivity contribution in [2.75, 3.05) is 0 Å². The average Bonchev–Trinajstić information content (AvgIpc) is 3.30. The number of nitrogens with zero attached hydrogens (tertiary/aromatic N) is 3. The molecule has 0 radical (unpaired) electrons. The minimum atomic E-state index is -0.0725. The van der Waals surface area contributed by atoms with Crippen LogP contribution in [-0.4, -0.2) is 15.1 Å². The molecular weight excluding hydrogens is 294 g/mol. The Labute approximate surface area is 113 Å². The summed E-state index contributed by atoms with van der Waals surface area (Å²) in [5, 5.41) is 4.11. The molecule has 2 aliphatic rings. The predicted molar refractivity (Wildman–Crippen MR) is 68.2 cm³/mol. The fourth-order valence-electron chi connectivity index (χ4n) is 2.36. The van der Waals surface area contributed by atoms with Crippen molar-refractivity contribution >= 4 is 15.9 Å². The molecule has 0 spiro atoms. The van der Waals surface area contributed by atoms with Gasteiger partial charge in [-0.05, 0) is 53.2 Å². The van der Waals surface area contributed by atoms with Crippen molar-refractivity contribution in [2.45, 2.75) is 37.0 Å². The third kappa shape index (κ3) is 1.61. The molecule has 2 fully saturated rings. The van der Waals surface area contributed by atoms with Crippen molar-refractivity contribution < 1.29 is 4.52 Å². The Morgan fingerprint density at radius 2 is 2.11 bits per heavy atom. The standard InChI is InChI=1S/C13H12BrN3O/c14-10-5-9(6-15-7-10)13(3-4-13)12-16-11(17-18-12)8-1-2-8/h5-8H,1-4H2. The monoisotopic (exact) mass is 305 g/mol. The first-order valence-electron chi connectivity index (χ1n) is 6.23. The molecule has 0 unspecified atom stereocenters. The summed E-state index contributed by atoms with van der Waals surface area (Å²) in [4.78, 5) is 8.83. The first kappa shape index (κ1) is 10.7. The zero-order valence-corrected chi connectivity index (χ0v) is 11.4. The van der Waals surface area contributed by atoms with Crippen LogP contribution in [0.3, 0.4) is 0 Å². The Hall–Kier alpha value is -1.23. The summed E-state index contributed by atoms with van der Waals surface area (Å²) in [5.74, 6) is 2.20. The van der Waals surface area contributed by atoms with E-state index in [2.05, 4.69) is 37.1 Å². The third-order valence-corrected chi connectivity index (χ3v) is 4.23. The van der Waals surface area contributed by atoms with E-state index in [1.54, 1.807) is 6.20 Å². The minimum Gasteiger partial charge on any atom is -0.338 e. The van der Waals surface area contributed by atoms with Crippen LogP contribution in [0.15, 0.2) is 27.5 Å². The van der Waals surface area contributed by atoms with E-state index in [0.29, 0.717) is 5.92 Å². The van der Waals surface area contributed by atoms with Crippen LogP contribution in [0.4, 0.5) is 0 Å². The van der Waals surface area contributed by atoms with Gasteiger partial charge >= 0.3 is 0 Å². The smallest absolute Gasteiger partial charge is 0.237 e. The number of hydrogen-bond donors (Lipinski definition) is 0. The van der Waals surface area contributed by atoms with Crippen molar-refractivity contribution in [1.82, 2.24) is 15.1 Å². The molecular formula is C13H12BrN3O. The number of hydrogen-bond acceptors (Lipinski definition) is 4. The molecule has 0 aromatic carbocycles. The van der Waals surface area contributed by atoms with E-state index < -0.39 is 0 Å². The van der Waals surface area contributed by atoms with Crippen molar-refractivity contribution in [3.05, 3.63) is 40.2 Å². The molecule has 2 aromatic heterocycles. The molecule has 4 nitrogen and oxygen atoms in total. The van der Waals surface area contributed by atoms with Crippen LogP contribution in [0.2, 0.25) is 0 Å². The van der Waals surface area contributed by atoms with Gasteiger partial charge in [0.25, 0.3) is 0 Å². The van der Waals surface area contributed by atoms with Gasteiger partial charge < -0.3 is 4.52 Å². The molecule has 2 heterocycles. The lowest BCUT2D eigenvalue weighted by Crippen LogP contribution is -2.09. The van der Waals surface area contributed by atoms with Crippen molar-refractivity contribution in [2.24, 2.45) is 0 Å². The van der Waals surface area contributed by atoms with Crippen molar-refractivity contribution in [3.63, 3.8) is 0 Å². The van der Waals surface area contributed by atoms with E-state index in [-0.39, 0.29) is 5.41 Å². The SMILES string of the molecule is Brc1cncc(C2(c3nc(C4CC4)no3)CC2)c1. The van der Waals surface area contributed by atoms with Crippen LogP contribution < -0.4 is 0 Å². The molecule has 0 N–H and O–H groups in total. The first-order valence-corrected chi connectivity index (χ1v) is 7.02. The first-order chi connectivity index (χ1) is 8.78. The summed E-state index contributed by atoms with van der Waals surface area (Å²) in [5.41, 5.74) is 1.10. The lowest BCUT2D eigenvalue weighted by Gasteiger charge is -2.09. The Kier molecular flexibility index (Phi) is 2.15. The summed E-state index contributed by atoms with van der Waals surface area (Å²) >= 11 is 3.46. The zero-order chi connectivity index (χ0) is 12.2. The largest absolute Gasteiger partial charge is 0.338 e. The number of pyridine rings is 1. The fraction of sp³-hybridized carbons (Fsp3) is 0.462. The van der Waals surface area contributed by atoms with Crippen LogP contribution in [0.25, 0.3) is 0 Å². The van der Waals surface area contributed by atoms with Gasteiger partial charge in [-0.2, -0.15) is 4.98 Å². The second-order valence-electron chi connectivity index (χ2n) is 5.21. The van der Waals surface area contributed by atoms with Crippen LogP contribution in [0.5, 0.6) is 0 Å². The van der Waals surface area contributed by atoms with Gasteiger partial charge in [0.2, 0.25) is 5.89 Å². The second-order valence-corrected chi connectivity index (χ2v) is 6.12. The maximum atomic E-state index is 5.48. The van der Waals surface area contributed by atoms with Crippen LogP contribution in [0.1, 0.15) is 48.9 Å². The summed E-state index contributed by atoms with van der Waals surface area (Å²) < 4.78 is 6.48. The Morgan fingerprint density at radius 3 is 2.78 bits per heavy atom. The molecule has 4 rings (SSSR count). The summed E-state index contributed by atoms with van der Waals surface area (Å²) in [6.45, 7) is 0. The molecule has 92 valence electrons. The number of halogens is 1. The molecule has 5 heteroatoms. The molecule has 0 amide bonds. The van der Waals surface area contributed by atoms with E-state index >= 15 is 0 Å². The summed E-state index contributed by atoms with van der Waals surface area (Å²) in [6.07, 6.45) is 8.23. The minimum absolute atomic E-state index is 0.0725. The molecule has 2 aliphatic carbocycles. The molecule has 18 heavy (non-hydrogen) atoms. The van der Waals surface area contributed by atoms with Gasteiger partial charge in [0, 0.05) is 22.8 Å². The lowest BCUT2D eigenvalue weighted by atomic mass is 9.98. The Balaban J connectivity index is 1.73. The quantitative estimate of drug-likeness (QED) is 0.874. The highest BCUT2D eigenvalue weighted by Gasteiger charge is 2.51. The second kappa shape index (κ2) is 3.63.